The zero-order valence-corrected chi connectivity index (χ0v) is 21.9. The van der Waals surface area contributed by atoms with Crippen LogP contribution >= 0.6 is 27.5 Å². The highest BCUT2D eigenvalue weighted by Crippen LogP contribution is 2.34. The molecule has 1 aliphatic heterocycles. The van der Waals surface area contributed by atoms with Crippen molar-refractivity contribution in [2.24, 2.45) is 5.92 Å². The molecule has 2 N–H and O–H groups in total. The average Bonchev–Trinajstić information content (AvgIpc) is 3.44. The van der Waals surface area contributed by atoms with Crippen molar-refractivity contribution in [2.45, 2.75) is 32.2 Å². The molecule has 11 heteroatoms. The summed E-state index contributed by atoms with van der Waals surface area (Å²) in [5, 5.41) is 3.35. The molecule has 2 aliphatic rings. The molecule has 0 atom stereocenters. The van der Waals surface area contributed by atoms with Crippen LogP contribution in [0.4, 0.5) is 15.8 Å². The van der Waals surface area contributed by atoms with E-state index in [0.29, 0.717) is 48.3 Å². The van der Waals surface area contributed by atoms with Crippen molar-refractivity contribution in [3.05, 3.63) is 51.5 Å². The zero-order chi connectivity index (χ0) is 25.2. The number of anilines is 2. The van der Waals surface area contributed by atoms with Gasteiger partial charge in [0.05, 0.1) is 47.0 Å². The lowest BCUT2D eigenvalue weighted by Crippen LogP contribution is -2.26. The Kier molecular flexibility index (Phi) is 7.57. The summed E-state index contributed by atoms with van der Waals surface area (Å²) < 4.78 is 18.4. The topological polar surface area (TPSA) is 88.5 Å². The number of benzene rings is 2. The van der Waals surface area contributed by atoms with Crippen molar-refractivity contribution in [1.29, 1.82) is 0 Å². The molecule has 2 heterocycles. The highest BCUT2D eigenvalue weighted by Gasteiger charge is 2.25. The Bertz CT molecular complexity index is 1310. The van der Waals surface area contributed by atoms with Crippen LogP contribution < -0.4 is 10.8 Å². The van der Waals surface area contributed by atoms with Crippen LogP contribution in [-0.2, 0) is 16.2 Å². The maximum atomic E-state index is 15.8. The summed E-state index contributed by atoms with van der Waals surface area (Å²) >= 11 is 9.71. The van der Waals surface area contributed by atoms with Gasteiger partial charge >= 0.3 is 0 Å². The molecular weight excluding hydrogens is 553 g/mol. The molecule has 0 spiro atoms. The number of nitrogens with one attached hydrogen (secondary N) is 2. The van der Waals surface area contributed by atoms with Crippen LogP contribution in [0.2, 0.25) is 5.02 Å². The second kappa shape index (κ2) is 10.8. The van der Waals surface area contributed by atoms with E-state index in [2.05, 4.69) is 36.6 Å². The summed E-state index contributed by atoms with van der Waals surface area (Å²) in [6.07, 6.45) is 5.09. The van der Waals surface area contributed by atoms with E-state index in [-0.39, 0.29) is 22.6 Å². The molecule has 1 saturated carbocycles. The summed E-state index contributed by atoms with van der Waals surface area (Å²) in [4.78, 5) is 36.4. The van der Waals surface area contributed by atoms with Gasteiger partial charge in [-0.15, -0.1) is 0 Å². The molecular formula is C25H26BrClFN5O3. The number of imidazole rings is 1. The molecule has 1 amide bonds. The van der Waals surface area contributed by atoms with E-state index in [9.17, 15) is 9.59 Å². The van der Waals surface area contributed by atoms with Gasteiger partial charge in [0.25, 0.3) is 5.91 Å². The average molecular weight is 579 g/mol. The van der Waals surface area contributed by atoms with Crippen LogP contribution in [0.3, 0.4) is 0 Å². The number of ketones is 1. The summed E-state index contributed by atoms with van der Waals surface area (Å²) in [7, 11) is 0. The van der Waals surface area contributed by atoms with Crippen LogP contribution in [0.25, 0.3) is 11.0 Å². The molecule has 5 rings (SSSR count). The highest BCUT2D eigenvalue weighted by atomic mass is 79.9. The van der Waals surface area contributed by atoms with Gasteiger partial charge in [-0.3, -0.25) is 19.3 Å². The second-order valence-corrected chi connectivity index (χ2v) is 10.6. The normalized spacial score (nSPS) is 16.1. The van der Waals surface area contributed by atoms with Gasteiger partial charge in [0, 0.05) is 30.5 Å². The minimum absolute atomic E-state index is 0.0277. The van der Waals surface area contributed by atoms with E-state index >= 15 is 4.39 Å². The number of carbonyl (C=O) groups excluding carboxylic acids is 2. The smallest absolute Gasteiger partial charge is 0.277 e. The number of carbonyl (C=O) groups is 2. The summed E-state index contributed by atoms with van der Waals surface area (Å²) in [5.74, 6) is -0.495. The van der Waals surface area contributed by atoms with Crippen LogP contribution in [-0.4, -0.2) is 52.4 Å². The first-order chi connectivity index (χ1) is 17.4. The number of hydroxylamine groups is 1. The Morgan fingerprint density at radius 2 is 2.11 bits per heavy atom. The van der Waals surface area contributed by atoms with Crippen molar-refractivity contribution in [2.75, 3.05) is 31.6 Å². The maximum absolute atomic E-state index is 15.8. The van der Waals surface area contributed by atoms with Crippen molar-refractivity contribution >= 4 is 61.6 Å². The molecule has 2 fully saturated rings. The van der Waals surface area contributed by atoms with Crippen LogP contribution in [0.15, 0.2) is 35.1 Å². The standard InChI is InChI=1S/C25H26BrClFN5O3/c26-16-4-5-20(19(27)10-16)30-23-18(25(35)31-36-13-15-2-3-15)11-21-24(22(23)28)29-14-33(21)8-1-7-32-9-6-17(34)12-32/h4-5,10-11,14-15,30H,1-3,6-9,12-13H2,(H,31,35). The molecule has 36 heavy (non-hydrogen) atoms. The van der Waals surface area contributed by atoms with Crippen LogP contribution in [0.5, 0.6) is 0 Å². The second-order valence-electron chi connectivity index (χ2n) is 9.27. The molecule has 0 radical (unpaired) electrons. The quantitative estimate of drug-likeness (QED) is 0.327. The van der Waals surface area contributed by atoms with Gasteiger partial charge in [-0.2, -0.15) is 0 Å². The van der Waals surface area contributed by atoms with Crippen LogP contribution in [0.1, 0.15) is 36.0 Å². The Balaban J connectivity index is 1.42. The van der Waals surface area contributed by atoms with Crippen molar-refractivity contribution in [3.8, 4) is 0 Å². The van der Waals surface area contributed by atoms with Gasteiger partial charge in [0.15, 0.2) is 5.82 Å². The third kappa shape index (κ3) is 5.72. The number of hydrogen-bond acceptors (Lipinski definition) is 6. The first-order valence-electron chi connectivity index (χ1n) is 11.9. The third-order valence-electron chi connectivity index (χ3n) is 6.45. The Morgan fingerprint density at radius 3 is 2.83 bits per heavy atom. The number of amides is 1. The highest BCUT2D eigenvalue weighted by molar-refractivity contribution is 9.10. The predicted molar refractivity (Wildman–Crippen MR) is 139 cm³/mol. The lowest BCUT2D eigenvalue weighted by Gasteiger charge is -2.16. The monoisotopic (exact) mass is 577 g/mol. The maximum Gasteiger partial charge on any atom is 0.277 e. The van der Waals surface area contributed by atoms with Gasteiger partial charge < -0.3 is 9.88 Å². The molecule has 2 aromatic carbocycles. The lowest BCUT2D eigenvalue weighted by molar-refractivity contribution is -0.116. The number of fused-ring (bicyclic) bond motifs is 1. The largest absolute Gasteiger partial charge is 0.351 e. The van der Waals surface area contributed by atoms with E-state index in [1.54, 1.807) is 30.6 Å². The number of aromatic nitrogens is 2. The van der Waals surface area contributed by atoms with Crippen LogP contribution in [0, 0.1) is 11.7 Å². The third-order valence-corrected chi connectivity index (χ3v) is 7.26. The van der Waals surface area contributed by atoms with E-state index in [4.69, 9.17) is 16.4 Å². The van der Waals surface area contributed by atoms with Crippen molar-refractivity contribution in [3.63, 3.8) is 0 Å². The van der Waals surface area contributed by atoms with Crippen molar-refractivity contribution < 1.29 is 18.8 Å². The first kappa shape index (κ1) is 25.1. The first-order valence-corrected chi connectivity index (χ1v) is 13.1. The number of Topliss-reactive ketones (excluding diaryl/α,β-unsaturated/α-hetero) is 1. The Labute approximate surface area is 221 Å². The summed E-state index contributed by atoms with van der Waals surface area (Å²) in [6, 6.07) is 6.77. The fourth-order valence-corrected chi connectivity index (χ4v) is 4.99. The van der Waals surface area contributed by atoms with Gasteiger partial charge in [0.1, 0.15) is 11.3 Å². The van der Waals surface area contributed by atoms with E-state index in [1.165, 1.54) is 0 Å². The predicted octanol–water partition coefficient (Wildman–Crippen LogP) is 5.07. The molecule has 1 aliphatic carbocycles. The summed E-state index contributed by atoms with van der Waals surface area (Å²) in [6.45, 7) is 3.02. The lowest BCUT2D eigenvalue weighted by atomic mass is 10.1. The van der Waals surface area contributed by atoms with E-state index < -0.39 is 11.7 Å². The van der Waals surface area contributed by atoms with E-state index in [1.807, 2.05) is 4.57 Å². The number of aryl methyl sites for hydroxylation is 1. The van der Waals surface area contributed by atoms with Gasteiger partial charge in [-0.25, -0.2) is 14.9 Å². The number of hydrogen-bond donors (Lipinski definition) is 2. The Morgan fingerprint density at radius 1 is 1.28 bits per heavy atom. The number of halogens is 3. The Hall–Kier alpha value is -2.53. The minimum atomic E-state index is -0.650. The molecule has 0 bridgehead atoms. The molecule has 190 valence electrons. The number of likely N-dealkylation sites (tertiary alicyclic amines) is 1. The minimum Gasteiger partial charge on any atom is -0.351 e. The van der Waals surface area contributed by atoms with E-state index in [0.717, 1.165) is 36.8 Å². The molecule has 1 aromatic heterocycles. The SMILES string of the molecule is O=C1CCN(CCCn2cnc3c(F)c(Nc4ccc(Br)cc4Cl)c(C(=O)NOCC4CC4)cc32)C1. The molecule has 8 nitrogen and oxygen atoms in total. The number of rotatable bonds is 10. The molecule has 3 aromatic rings. The summed E-state index contributed by atoms with van der Waals surface area (Å²) in [5.41, 5.74) is 3.62. The fraction of sp³-hybridized carbons (Fsp3) is 0.400. The zero-order valence-electron chi connectivity index (χ0n) is 19.5. The fourth-order valence-electron chi connectivity index (χ4n) is 4.27. The molecule has 0 unspecified atom stereocenters. The van der Waals surface area contributed by atoms with Gasteiger partial charge in [-0.05, 0) is 49.4 Å². The van der Waals surface area contributed by atoms with Gasteiger partial charge in [0.2, 0.25) is 0 Å². The number of nitrogens with zero attached hydrogens (tertiary/aromatic N) is 3. The van der Waals surface area contributed by atoms with Gasteiger partial charge in [-0.1, -0.05) is 27.5 Å². The van der Waals surface area contributed by atoms with Crippen molar-refractivity contribution in [1.82, 2.24) is 19.9 Å². The molecule has 1 saturated heterocycles.